The Kier molecular flexibility index (Phi) is 2.28. The Labute approximate surface area is 95.5 Å². The maximum Gasteiger partial charge on any atom is 0.335 e. The lowest BCUT2D eigenvalue weighted by Crippen LogP contribution is -2.05. The van der Waals surface area contributed by atoms with E-state index in [1.54, 1.807) is 12.1 Å². The van der Waals surface area contributed by atoms with E-state index in [1.807, 2.05) is 6.07 Å². The van der Waals surface area contributed by atoms with Crippen molar-refractivity contribution in [3.05, 3.63) is 33.8 Å². The van der Waals surface area contributed by atoms with Gasteiger partial charge in [0, 0.05) is 4.47 Å². The van der Waals surface area contributed by atoms with Gasteiger partial charge < -0.3 is 5.11 Å². The van der Waals surface area contributed by atoms with Crippen molar-refractivity contribution >= 4 is 21.9 Å². The molecule has 1 aliphatic carbocycles. The van der Waals surface area contributed by atoms with Crippen molar-refractivity contribution in [2.24, 2.45) is 0 Å². The number of carboxylic acids is 1. The number of halogens is 1. The van der Waals surface area contributed by atoms with Crippen molar-refractivity contribution < 1.29 is 9.90 Å². The highest BCUT2D eigenvalue weighted by molar-refractivity contribution is 9.10. The maximum absolute atomic E-state index is 10.8. The zero-order valence-electron chi connectivity index (χ0n) is 7.83. The molecule has 1 aromatic rings. The van der Waals surface area contributed by atoms with E-state index in [1.165, 1.54) is 0 Å². The molecule has 1 fully saturated rings. The zero-order valence-corrected chi connectivity index (χ0v) is 9.41. The van der Waals surface area contributed by atoms with Crippen LogP contribution in [0.25, 0.3) is 0 Å². The van der Waals surface area contributed by atoms with Gasteiger partial charge in [-0.15, -0.1) is 0 Å². The van der Waals surface area contributed by atoms with Crippen LogP contribution in [0.15, 0.2) is 22.7 Å². The fourth-order valence-corrected chi connectivity index (χ4v) is 2.07. The van der Waals surface area contributed by atoms with Gasteiger partial charge in [0.1, 0.15) is 0 Å². The molecule has 3 nitrogen and oxygen atoms in total. The van der Waals surface area contributed by atoms with E-state index in [0.717, 1.165) is 18.4 Å². The van der Waals surface area contributed by atoms with Gasteiger partial charge in [-0.2, -0.15) is 5.26 Å². The number of carbonyl (C=O) groups is 1. The highest BCUT2D eigenvalue weighted by Gasteiger charge is 2.45. The first kappa shape index (κ1) is 10.2. The first-order chi connectivity index (χ1) is 7.07. The smallest absolute Gasteiger partial charge is 0.335 e. The molecule has 0 unspecified atom stereocenters. The molecule has 0 aromatic heterocycles. The van der Waals surface area contributed by atoms with Crippen LogP contribution in [0.1, 0.15) is 28.8 Å². The minimum atomic E-state index is -0.966. The largest absolute Gasteiger partial charge is 0.478 e. The molecule has 0 spiro atoms. The van der Waals surface area contributed by atoms with Crippen molar-refractivity contribution in [2.45, 2.75) is 18.3 Å². The van der Waals surface area contributed by atoms with Crippen LogP contribution in [0.3, 0.4) is 0 Å². The number of hydrogen-bond acceptors (Lipinski definition) is 2. The third-order valence-corrected chi connectivity index (χ3v) is 3.12. The zero-order chi connectivity index (χ0) is 11.1. The molecule has 0 bridgehead atoms. The summed E-state index contributed by atoms with van der Waals surface area (Å²) in [5, 5.41) is 17.9. The van der Waals surface area contributed by atoms with Crippen molar-refractivity contribution in [2.75, 3.05) is 0 Å². The van der Waals surface area contributed by atoms with E-state index in [9.17, 15) is 4.79 Å². The summed E-state index contributed by atoms with van der Waals surface area (Å²) in [6.07, 6.45) is 1.64. The van der Waals surface area contributed by atoms with Crippen LogP contribution in [-0.2, 0) is 5.41 Å². The third-order valence-electron chi connectivity index (χ3n) is 2.66. The van der Waals surface area contributed by atoms with Gasteiger partial charge >= 0.3 is 5.97 Å². The summed E-state index contributed by atoms with van der Waals surface area (Å²) >= 11 is 3.26. The highest BCUT2D eigenvalue weighted by Crippen LogP contribution is 2.48. The molecule has 0 amide bonds. The Morgan fingerprint density at radius 2 is 2.13 bits per heavy atom. The molecule has 0 heterocycles. The summed E-state index contributed by atoms with van der Waals surface area (Å²) in [6, 6.07) is 7.20. The summed E-state index contributed by atoms with van der Waals surface area (Å²) in [4.78, 5) is 10.8. The van der Waals surface area contributed by atoms with E-state index in [-0.39, 0.29) is 5.56 Å². The molecular weight excluding hydrogens is 258 g/mol. The van der Waals surface area contributed by atoms with Gasteiger partial charge in [0.25, 0.3) is 0 Å². The van der Waals surface area contributed by atoms with Gasteiger partial charge in [-0.3, -0.25) is 0 Å². The molecule has 1 aromatic carbocycles. The minimum absolute atomic E-state index is 0.223. The van der Waals surface area contributed by atoms with Crippen molar-refractivity contribution in [3.63, 3.8) is 0 Å². The number of nitrogens with zero attached hydrogens (tertiary/aromatic N) is 1. The lowest BCUT2D eigenvalue weighted by atomic mass is 9.96. The monoisotopic (exact) mass is 265 g/mol. The Bertz CT molecular complexity index is 472. The van der Waals surface area contributed by atoms with Crippen LogP contribution < -0.4 is 0 Å². The Morgan fingerprint density at radius 1 is 1.47 bits per heavy atom. The first-order valence-corrected chi connectivity index (χ1v) is 5.32. The average molecular weight is 266 g/mol. The SMILES string of the molecule is N#CC1(c2cc(Br)cc(C(=O)O)c2)CC1. The Balaban J connectivity index is 2.50. The molecule has 0 atom stereocenters. The topological polar surface area (TPSA) is 61.1 Å². The number of rotatable bonds is 2. The van der Waals surface area contributed by atoms with Gasteiger partial charge in [-0.1, -0.05) is 15.9 Å². The number of carboxylic acid groups (broad SMARTS) is 1. The van der Waals surface area contributed by atoms with Crippen molar-refractivity contribution in [3.8, 4) is 6.07 Å². The molecule has 1 saturated carbocycles. The van der Waals surface area contributed by atoms with Gasteiger partial charge in [-0.05, 0) is 36.6 Å². The van der Waals surface area contributed by atoms with E-state index >= 15 is 0 Å². The van der Waals surface area contributed by atoms with Gasteiger partial charge in [0.15, 0.2) is 0 Å². The molecule has 2 rings (SSSR count). The summed E-state index contributed by atoms with van der Waals surface area (Å²) in [6.45, 7) is 0. The minimum Gasteiger partial charge on any atom is -0.478 e. The number of nitriles is 1. The second-order valence-electron chi connectivity index (χ2n) is 3.73. The molecule has 0 aliphatic heterocycles. The summed E-state index contributed by atoms with van der Waals surface area (Å²) in [7, 11) is 0. The molecular formula is C11H8BrNO2. The normalized spacial score (nSPS) is 16.8. The number of benzene rings is 1. The highest BCUT2D eigenvalue weighted by atomic mass is 79.9. The van der Waals surface area contributed by atoms with Crippen molar-refractivity contribution in [1.29, 1.82) is 5.26 Å². The number of hydrogen-bond donors (Lipinski definition) is 1. The first-order valence-electron chi connectivity index (χ1n) is 4.53. The van der Waals surface area contributed by atoms with Crippen LogP contribution in [-0.4, -0.2) is 11.1 Å². The standard InChI is InChI=1S/C11H8BrNO2/c12-9-4-7(10(14)15)3-8(5-9)11(6-13)1-2-11/h3-5H,1-2H2,(H,14,15). The van der Waals surface area contributed by atoms with Crippen LogP contribution in [0.2, 0.25) is 0 Å². The lowest BCUT2D eigenvalue weighted by molar-refractivity contribution is 0.0696. The van der Waals surface area contributed by atoms with E-state index in [4.69, 9.17) is 10.4 Å². The van der Waals surface area contributed by atoms with E-state index in [2.05, 4.69) is 22.0 Å². The van der Waals surface area contributed by atoms with E-state index in [0.29, 0.717) is 4.47 Å². The van der Waals surface area contributed by atoms with Gasteiger partial charge in [0.2, 0.25) is 0 Å². The average Bonchev–Trinajstić information content (AvgIpc) is 2.97. The quantitative estimate of drug-likeness (QED) is 0.895. The second kappa shape index (κ2) is 3.35. The predicted octanol–water partition coefficient (Wildman–Crippen LogP) is 2.70. The number of aromatic carboxylic acids is 1. The van der Waals surface area contributed by atoms with Crippen LogP contribution >= 0.6 is 15.9 Å². The second-order valence-corrected chi connectivity index (χ2v) is 4.64. The fourth-order valence-electron chi connectivity index (χ4n) is 1.58. The lowest BCUT2D eigenvalue weighted by Gasteiger charge is -2.07. The Hall–Kier alpha value is -1.34. The molecule has 0 saturated heterocycles. The molecule has 1 aliphatic rings. The van der Waals surface area contributed by atoms with Crippen molar-refractivity contribution in [1.82, 2.24) is 0 Å². The van der Waals surface area contributed by atoms with Crippen LogP contribution in [0.4, 0.5) is 0 Å². The molecule has 4 heteroatoms. The summed E-state index contributed by atoms with van der Waals surface area (Å²) in [5.74, 6) is -0.966. The predicted molar refractivity (Wildman–Crippen MR) is 57.6 cm³/mol. The van der Waals surface area contributed by atoms with E-state index < -0.39 is 11.4 Å². The van der Waals surface area contributed by atoms with Crippen LogP contribution in [0, 0.1) is 11.3 Å². The Morgan fingerprint density at radius 3 is 2.60 bits per heavy atom. The van der Waals surface area contributed by atoms with Gasteiger partial charge in [-0.25, -0.2) is 4.79 Å². The van der Waals surface area contributed by atoms with Gasteiger partial charge in [0.05, 0.1) is 17.0 Å². The molecule has 0 radical (unpaired) electrons. The summed E-state index contributed by atoms with van der Waals surface area (Å²) < 4.78 is 0.707. The molecule has 15 heavy (non-hydrogen) atoms. The maximum atomic E-state index is 10.8. The molecule has 1 N–H and O–H groups in total. The third kappa shape index (κ3) is 1.75. The van der Waals surface area contributed by atoms with Crippen LogP contribution in [0.5, 0.6) is 0 Å². The summed E-state index contributed by atoms with van der Waals surface area (Å²) in [5.41, 5.74) is 0.589. The molecule has 76 valence electrons. The fraction of sp³-hybridized carbons (Fsp3) is 0.273.